The lowest BCUT2D eigenvalue weighted by Crippen LogP contribution is -2.48. The molecular formula is C9H13F3N2O3. The first kappa shape index (κ1) is 13.7. The lowest BCUT2D eigenvalue weighted by atomic mass is 10.2. The van der Waals surface area contributed by atoms with Gasteiger partial charge in [-0.3, -0.25) is 0 Å². The van der Waals surface area contributed by atoms with Gasteiger partial charge >= 0.3 is 12.3 Å². The summed E-state index contributed by atoms with van der Waals surface area (Å²) in [6.07, 6.45) is -5.37. The molecule has 0 bridgehead atoms. The van der Waals surface area contributed by atoms with Crippen molar-refractivity contribution in [2.24, 2.45) is 5.29 Å². The van der Waals surface area contributed by atoms with Gasteiger partial charge in [0.2, 0.25) is 0 Å². The molecule has 0 aromatic heterocycles. The smallest absolute Gasteiger partial charge is 0.433 e. The molecule has 0 aromatic rings. The van der Waals surface area contributed by atoms with E-state index in [0.717, 1.165) is 6.42 Å². The van der Waals surface area contributed by atoms with E-state index in [1.807, 2.05) is 6.92 Å². The van der Waals surface area contributed by atoms with Crippen molar-refractivity contribution in [3.05, 3.63) is 4.91 Å². The summed E-state index contributed by atoms with van der Waals surface area (Å²) < 4.78 is 42.5. The summed E-state index contributed by atoms with van der Waals surface area (Å²) in [6, 6.07) is 0. The Bertz CT molecular complexity index is 302. The number of alkyl halides is 3. The van der Waals surface area contributed by atoms with Crippen molar-refractivity contribution in [1.82, 2.24) is 5.01 Å². The highest BCUT2D eigenvalue weighted by Crippen LogP contribution is 2.53. The first-order valence-electron chi connectivity index (χ1n) is 5.26. The standard InChI is InChI=1S/C9H13F3N2O3/c1-2-3-6-17-7(15)14(13-16)8(4-5-8)9(10,11)12/h2-6H2,1H3. The monoisotopic (exact) mass is 254 g/mol. The molecule has 0 heterocycles. The van der Waals surface area contributed by atoms with Crippen molar-refractivity contribution in [3.63, 3.8) is 0 Å². The third-order valence-corrected chi connectivity index (χ3v) is 2.63. The van der Waals surface area contributed by atoms with Crippen LogP contribution in [0.2, 0.25) is 0 Å². The highest BCUT2D eigenvalue weighted by molar-refractivity contribution is 5.69. The van der Waals surface area contributed by atoms with Gasteiger partial charge in [0.05, 0.1) is 11.9 Å². The molecule has 0 aromatic carbocycles. The number of nitrogens with zero attached hydrogens (tertiary/aromatic N) is 2. The normalized spacial score (nSPS) is 17.4. The Balaban J connectivity index is 2.66. The second-order valence-electron chi connectivity index (χ2n) is 3.89. The highest BCUT2D eigenvalue weighted by Gasteiger charge is 2.70. The van der Waals surface area contributed by atoms with E-state index in [9.17, 15) is 22.9 Å². The van der Waals surface area contributed by atoms with E-state index in [1.54, 1.807) is 0 Å². The van der Waals surface area contributed by atoms with Crippen molar-refractivity contribution in [2.75, 3.05) is 6.61 Å². The molecule has 1 aliphatic rings. The minimum atomic E-state index is -4.66. The van der Waals surface area contributed by atoms with Gasteiger partial charge in [-0.2, -0.15) is 13.2 Å². The highest BCUT2D eigenvalue weighted by atomic mass is 19.4. The average molecular weight is 254 g/mol. The van der Waals surface area contributed by atoms with E-state index in [2.05, 4.69) is 10.0 Å². The molecule has 98 valence electrons. The summed E-state index contributed by atoms with van der Waals surface area (Å²) >= 11 is 0. The van der Waals surface area contributed by atoms with Gasteiger partial charge in [0.15, 0.2) is 5.54 Å². The molecule has 8 heteroatoms. The lowest BCUT2D eigenvalue weighted by Gasteiger charge is -2.25. The van der Waals surface area contributed by atoms with Gasteiger partial charge < -0.3 is 4.74 Å². The molecule has 5 nitrogen and oxygen atoms in total. The van der Waals surface area contributed by atoms with Crippen molar-refractivity contribution in [2.45, 2.75) is 44.3 Å². The van der Waals surface area contributed by atoms with E-state index in [4.69, 9.17) is 0 Å². The van der Waals surface area contributed by atoms with Crippen LogP contribution in [0.1, 0.15) is 32.6 Å². The van der Waals surface area contributed by atoms with Gasteiger partial charge in [0.25, 0.3) is 0 Å². The Morgan fingerprint density at radius 1 is 1.47 bits per heavy atom. The second kappa shape index (κ2) is 4.89. The van der Waals surface area contributed by atoms with Gasteiger partial charge in [-0.1, -0.05) is 13.3 Å². The third kappa shape index (κ3) is 2.67. The van der Waals surface area contributed by atoms with E-state index >= 15 is 0 Å². The SMILES string of the molecule is CCCCOC(=O)N(N=O)C1(C(F)(F)F)CC1. The molecule has 0 radical (unpaired) electrons. The predicted molar refractivity (Wildman–Crippen MR) is 51.9 cm³/mol. The zero-order chi connectivity index (χ0) is 13.1. The number of halogens is 3. The van der Waals surface area contributed by atoms with Crippen LogP contribution in [0, 0.1) is 4.91 Å². The Kier molecular flexibility index (Phi) is 3.94. The maximum absolute atomic E-state index is 12.6. The predicted octanol–water partition coefficient (Wildman–Crippen LogP) is 3.00. The Morgan fingerprint density at radius 3 is 2.41 bits per heavy atom. The van der Waals surface area contributed by atoms with Crippen LogP contribution in [0.4, 0.5) is 18.0 Å². The third-order valence-electron chi connectivity index (χ3n) is 2.63. The number of hydrogen-bond donors (Lipinski definition) is 0. The molecule has 1 amide bonds. The van der Waals surface area contributed by atoms with Crippen molar-refractivity contribution < 1.29 is 22.7 Å². The van der Waals surface area contributed by atoms with E-state index < -0.39 is 17.8 Å². The minimum Gasteiger partial charge on any atom is -0.448 e. The largest absolute Gasteiger partial charge is 0.448 e. The number of nitroso groups, excluding NO2 is 1. The van der Waals surface area contributed by atoms with Crippen LogP contribution in [0.3, 0.4) is 0 Å². The average Bonchev–Trinajstić information content (AvgIpc) is 3.00. The Morgan fingerprint density at radius 2 is 2.06 bits per heavy atom. The molecule has 1 aliphatic carbocycles. The number of hydrogen-bond acceptors (Lipinski definition) is 4. The number of unbranched alkanes of at least 4 members (excludes halogenated alkanes) is 1. The fourth-order valence-corrected chi connectivity index (χ4v) is 1.38. The topological polar surface area (TPSA) is 59.0 Å². The van der Waals surface area contributed by atoms with Crippen LogP contribution in [0.25, 0.3) is 0 Å². The molecule has 0 atom stereocenters. The summed E-state index contributed by atoms with van der Waals surface area (Å²) in [5.74, 6) is 0. The number of rotatable bonds is 5. The fourth-order valence-electron chi connectivity index (χ4n) is 1.38. The van der Waals surface area contributed by atoms with Crippen LogP contribution >= 0.6 is 0 Å². The van der Waals surface area contributed by atoms with Crippen LogP contribution < -0.4 is 0 Å². The van der Waals surface area contributed by atoms with E-state index in [-0.39, 0.29) is 24.5 Å². The van der Waals surface area contributed by atoms with Crippen molar-refractivity contribution in [1.29, 1.82) is 0 Å². The number of amides is 1. The molecule has 0 aliphatic heterocycles. The first-order valence-corrected chi connectivity index (χ1v) is 5.26. The summed E-state index contributed by atoms with van der Waals surface area (Å²) in [5, 5.41) is 2.03. The molecule has 0 unspecified atom stereocenters. The molecule has 17 heavy (non-hydrogen) atoms. The summed E-state index contributed by atoms with van der Waals surface area (Å²) in [4.78, 5) is 21.7. The maximum Gasteiger partial charge on any atom is 0.433 e. The summed E-state index contributed by atoms with van der Waals surface area (Å²) in [5.41, 5.74) is -2.45. The second-order valence-corrected chi connectivity index (χ2v) is 3.89. The minimum absolute atomic E-state index is 0.0186. The molecule has 1 rings (SSSR count). The van der Waals surface area contributed by atoms with Gasteiger partial charge in [0.1, 0.15) is 0 Å². The van der Waals surface area contributed by atoms with Crippen LogP contribution in [0.15, 0.2) is 5.29 Å². The zero-order valence-electron chi connectivity index (χ0n) is 9.29. The van der Waals surface area contributed by atoms with Crippen molar-refractivity contribution in [3.8, 4) is 0 Å². The maximum atomic E-state index is 12.6. The molecular weight excluding hydrogens is 241 g/mol. The van der Waals surface area contributed by atoms with Gasteiger partial charge in [0, 0.05) is 0 Å². The quantitative estimate of drug-likeness (QED) is 0.430. The molecule has 0 spiro atoms. The Hall–Kier alpha value is -1.34. The molecule has 1 saturated carbocycles. The van der Waals surface area contributed by atoms with Crippen LogP contribution in [0.5, 0.6) is 0 Å². The lowest BCUT2D eigenvalue weighted by molar-refractivity contribution is -0.191. The molecule has 0 N–H and O–H groups in total. The fraction of sp³-hybridized carbons (Fsp3) is 0.889. The number of ether oxygens (including phenoxy) is 1. The van der Waals surface area contributed by atoms with Crippen molar-refractivity contribution >= 4 is 6.09 Å². The van der Waals surface area contributed by atoms with Gasteiger partial charge in [-0.25, -0.2) is 4.79 Å². The Labute approximate surface area is 95.8 Å². The zero-order valence-corrected chi connectivity index (χ0v) is 9.29. The van der Waals surface area contributed by atoms with Gasteiger partial charge in [-0.05, 0) is 19.3 Å². The van der Waals surface area contributed by atoms with Crippen LogP contribution in [-0.4, -0.2) is 29.4 Å². The van der Waals surface area contributed by atoms with Crippen LogP contribution in [-0.2, 0) is 4.74 Å². The number of carbonyl (C=O) groups excluding carboxylic acids is 1. The summed E-state index contributed by atoms with van der Waals surface area (Å²) in [7, 11) is 0. The first-order chi connectivity index (χ1) is 7.89. The molecule has 1 fully saturated rings. The molecule has 0 saturated heterocycles. The summed E-state index contributed by atoms with van der Waals surface area (Å²) in [6.45, 7) is 1.82. The van der Waals surface area contributed by atoms with E-state index in [1.165, 1.54) is 0 Å². The van der Waals surface area contributed by atoms with E-state index in [0.29, 0.717) is 6.42 Å². The number of carbonyl (C=O) groups is 1. The van der Waals surface area contributed by atoms with Gasteiger partial charge in [-0.15, -0.1) is 9.92 Å².